The normalized spacial score (nSPS) is 10.4. The van der Waals surface area contributed by atoms with Crippen LogP contribution in [0.25, 0.3) is 10.6 Å². The number of aliphatic carboxylic acids is 1. The van der Waals surface area contributed by atoms with E-state index in [0.717, 1.165) is 4.88 Å². The SMILES string of the molecule is CC(=O)Nc1ccc(NC(=O)C(=O)Nn2c(CCC(=O)O)ccc2-c2cccs2)cc1. The van der Waals surface area contributed by atoms with Gasteiger partial charge in [-0.2, -0.15) is 0 Å². The molecule has 0 aliphatic carbocycles. The van der Waals surface area contributed by atoms with Gasteiger partial charge in [-0.15, -0.1) is 11.3 Å². The second-order valence-electron chi connectivity index (χ2n) is 6.57. The molecule has 0 radical (unpaired) electrons. The Morgan fingerprint density at radius 2 is 1.61 bits per heavy atom. The molecule has 0 aliphatic heterocycles. The van der Waals surface area contributed by atoms with E-state index >= 15 is 0 Å². The third-order valence-corrected chi connectivity index (χ3v) is 5.11. The second kappa shape index (κ2) is 9.72. The Balaban J connectivity index is 1.73. The lowest BCUT2D eigenvalue weighted by atomic mass is 10.2. The Hall–Kier alpha value is -3.92. The molecule has 3 amide bonds. The number of carboxylic acids is 1. The van der Waals surface area contributed by atoms with Crippen molar-refractivity contribution in [2.24, 2.45) is 0 Å². The number of aryl methyl sites for hydroxylation is 1. The molecular weight excluding hydrogens is 420 g/mol. The summed E-state index contributed by atoms with van der Waals surface area (Å²) < 4.78 is 1.44. The number of aromatic nitrogens is 1. The summed E-state index contributed by atoms with van der Waals surface area (Å²) in [5.74, 6) is -2.97. The van der Waals surface area contributed by atoms with E-state index in [-0.39, 0.29) is 18.7 Å². The first-order chi connectivity index (χ1) is 14.8. The van der Waals surface area contributed by atoms with Crippen LogP contribution >= 0.6 is 11.3 Å². The molecule has 10 heteroatoms. The summed E-state index contributed by atoms with van der Waals surface area (Å²) in [6.45, 7) is 1.39. The van der Waals surface area contributed by atoms with Gasteiger partial charge in [-0.25, -0.2) is 0 Å². The van der Waals surface area contributed by atoms with Crippen molar-refractivity contribution < 1.29 is 24.3 Å². The van der Waals surface area contributed by atoms with Crippen molar-refractivity contribution in [3.63, 3.8) is 0 Å². The van der Waals surface area contributed by atoms with Crippen LogP contribution in [0.1, 0.15) is 19.0 Å². The molecule has 3 aromatic rings. The van der Waals surface area contributed by atoms with Crippen molar-refractivity contribution in [1.29, 1.82) is 0 Å². The standard InChI is InChI=1S/C21H20N4O5S/c1-13(26)22-14-4-6-15(7-5-14)23-20(29)21(30)24-25-16(9-11-19(27)28)8-10-17(25)18-3-2-12-31-18/h2-8,10,12H,9,11H2,1H3,(H,22,26)(H,23,29)(H,24,30)(H,27,28). The molecule has 0 saturated heterocycles. The molecule has 0 spiro atoms. The van der Waals surface area contributed by atoms with E-state index in [1.807, 2.05) is 17.5 Å². The highest BCUT2D eigenvalue weighted by molar-refractivity contribution is 7.13. The maximum atomic E-state index is 12.5. The Labute approximate surface area is 181 Å². The van der Waals surface area contributed by atoms with Gasteiger partial charge in [0.1, 0.15) is 0 Å². The molecule has 0 atom stereocenters. The summed E-state index contributed by atoms with van der Waals surface area (Å²) in [4.78, 5) is 47.8. The highest BCUT2D eigenvalue weighted by atomic mass is 32.1. The highest BCUT2D eigenvalue weighted by Gasteiger charge is 2.19. The van der Waals surface area contributed by atoms with Gasteiger partial charge in [0.25, 0.3) is 0 Å². The van der Waals surface area contributed by atoms with Crippen LogP contribution in [0.4, 0.5) is 11.4 Å². The van der Waals surface area contributed by atoms with Crippen molar-refractivity contribution >= 4 is 46.4 Å². The number of hydrogen-bond acceptors (Lipinski definition) is 5. The van der Waals surface area contributed by atoms with Crippen LogP contribution in [0.3, 0.4) is 0 Å². The van der Waals surface area contributed by atoms with Gasteiger partial charge in [0.05, 0.1) is 17.0 Å². The van der Waals surface area contributed by atoms with Crippen LogP contribution in [0.15, 0.2) is 53.9 Å². The molecule has 0 fully saturated rings. The van der Waals surface area contributed by atoms with Crippen molar-refractivity contribution in [3.8, 4) is 10.6 Å². The van der Waals surface area contributed by atoms with E-state index in [1.165, 1.54) is 22.9 Å². The Bertz CT molecular complexity index is 1100. The molecule has 9 nitrogen and oxygen atoms in total. The largest absolute Gasteiger partial charge is 0.481 e. The predicted octanol–water partition coefficient (Wildman–Crippen LogP) is 2.90. The lowest BCUT2D eigenvalue weighted by Crippen LogP contribution is -2.35. The van der Waals surface area contributed by atoms with Crippen LogP contribution in [0.5, 0.6) is 0 Å². The zero-order valence-electron chi connectivity index (χ0n) is 16.5. The fourth-order valence-corrected chi connectivity index (χ4v) is 3.58. The third kappa shape index (κ3) is 5.80. The van der Waals surface area contributed by atoms with Gasteiger partial charge in [-0.05, 0) is 47.8 Å². The van der Waals surface area contributed by atoms with E-state index in [4.69, 9.17) is 5.11 Å². The first kappa shape index (κ1) is 21.8. The minimum Gasteiger partial charge on any atom is -0.481 e. The van der Waals surface area contributed by atoms with Crippen LogP contribution in [0.2, 0.25) is 0 Å². The fraction of sp³-hybridized carbons (Fsp3) is 0.143. The number of nitrogens with zero attached hydrogens (tertiary/aromatic N) is 1. The van der Waals surface area contributed by atoms with Gasteiger partial charge in [0.15, 0.2) is 0 Å². The molecule has 2 heterocycles. The molecule has 0 unspecified atom stereocenters. The minimum absolute atomic E-state index is 0.114. The molecule has 3 rings (SSSR count). The predicted molar refractivity (Wildman–Crippen MR) is 117 cm³/mol. The summed E-state index contributed by atoms with van der Waals surface area (Å²) in [6.07, 6.45) is 0.0732. The molecule has 0 bridgehead atoms. The number of thiophene rings is 1. The Kier molecular flexibility index (Phi) is 6.83. The first-order valence-corrected chi connectivity index (χ1v) is 10.2. The molecule has 31 heavy (non-hydrogen) atoms. The second-order valence-corrected chi connectivity index (χ2v) is 7.52. The lowest BCUT2D eigenvalue weighted by Gasteiger charge is -2.14. The lowest BCUT2D eigenvalue weighted by molar-refractivity contribution is -0.137. The number of rotatable bonds is 7. The van der Waals surface area contributed by atoms with Gasteiger partial charge in [0.2, 0.25) is 5.91 Å². The first-order valence-electron chi connectivity index (χ1n) is 9.30. The molecule has 160 valence electrons. The van der Waals surface area contributed by atoms with Gasteiger partial charge in [-0.3, -0.25) is 29.3 Å². The van der Waals surface area contributed by atoms with Crippen molar-refractivity contribution in [1.82, 2.24) is 4.68 Å². The molecule has 1 aromatic carbocycles. The topological polar surface area (TPSA) is 130 Å². The fourth-order valence-electron chi connectivity index (χ4n) is 2.84. The number of benzene rings is 1. The van der Waals surface area contributed by atoms with E-state index in [1.54, 1.807) is 36.4 Å². The van der Waals surface area contributed by atoms with Crippen molar-refractivity contribution in [2.75, 3.05) is 16.1 Å². The average Bonchev–Trinajstić information content (AvgIpc) is 3.37. The van der Waals surface area contributed by atoms with Crippen LogP contribution in [-0.4, -0.2) is 33.5 Å². The molecule has 0 aliphatic rings. The number of carbonyl (C=O) groups is 4. The Morgan fingerprint density at radius 1 is 0.935 bits per heavy atom. The van der Waals surface area contributed by atoms with Gasteiger partial charge < -0.3 is 15.7 Å². The molecule has 0 saturated carbocycles. The summed E-state index contributed by atoms with van der Waals surface area (Å²) in [5, 5.41) is 16.0. The van der Waals surface area contributed by atoms with Gasteiger partial charge in [-0.1, -0.05) is 6.07 Å². The average molecular weight is 440 g/mol. The molecule has 4 N–H and O–H groups in total. The van der Waals surface area contributed by atoms with Crippen LogP contribution in [0, 0.1) is 0 Å². The third-order valence-electron chi connectivity index (χ3n) is 4.21. The quantitative estimate of drug-likeness (QED) is 0.420. The van der Waals surface area contributed by atoms with Gasteiger partial charge >= 0.3 is 17.8 Å². The van der Waals surface area contributed by atoms with E-state index in [2.05, 4.69) is 16.1 Å². The number of amides is 3. The monoisotopic (exact) mass is 440 g/mol. The number of carboxylic acid groups (broad SMARTS) is 1. The number of nitrogens with one attached hydrogen (secondary N) is 3. The molecule has 2 aromatic heterocycles. The van der Waals surface area contributed by atoms with E-state index in [9.17, 15) is 19.2 Å². The summed E-state index contributed by atoms with van der Waals surface area (Å²) >= 11 is 1.45. The summed E-state index contributed by atoms with van der Waals surface area (Å²) in [6, 6.07) is 13.5. The maximum absolute atomic E-state index is 12.5. The van der Waals surface area contributed by atoms with E-state index in [0.29, 0.717) is 22.8 Å². The van der Waals surface area contributed by atoms with Gasteiger partial charge in [0, 0.05) is 30.4 Å². The van der Waals surface area contributed by atoms with Crippen molar-refractivity contribution in [2.45, 2.75) is 19.8 Å². The van der Waals surface area contributed by atoms with Crippen LogP contribution in [-0.2, 0) is 25.6 Å². The van der Waals surface area contributed by atoms with E-state index < -0.39 is 17.8 Å². The summed E-state index contributed by atoms with van der Waals surface area (Å²) in [7, 11) is 0. The zero-order chi connectivity index (χ0) is 22.4. The highest BCUT2D eigenvalue weighted by Crippen LogP contribution is 2.26. The van der Waals surface area contributed by atoms with Crippen molar-refractivity contribution in [3.05, 3.63) is 59.6 Å². The number of hydrogen-bond donors (Lipinski definition) is 4. The Morgan fingerprint density at radius 3 is 2.19 bits per heavy atom. The van der Waals surface area contributed by atoms with Crippen LogP contribution < -0.4 is 16.1 Å². The number of carbonyl (C=O) groups excluding carboxylic acids is 3. The smallest absolute Gasteiger partial charge is 0.328 e. The minimum atomic E-state index is -0.961. The number of anilines is 2. The maximum Gasteiger partial charge on any atom is 0.328 e. The molecular formula is C21H20N4O5S. The summed E-state index contributed by atoms with van der Waals surface area (Å²) in [5.41, 5.74) is 4.70. The zero-order valence-corrected chi connectivity index (χ0v) is 17.4.